The summed E-state index contributed by atoms with van der Waals surface area (Å²) in [5.74, 6) is 1.70. The Morgan fingerprint density at radius 2 is 1.97 bits per heavy atom. The van der Waals surface area contributed by atoms with Gasteiger partial charge in [0, 0.05) is 6.20 Å². The van der Waals surface area contributed by atoms with Crippen molar-refractivity contribution in [2.75, 3.05) is 13.7 Å². The van der Waals surface area contributed by atoms with Crippen molar-refractivity contribution < 1.29 is 27.7 Å². The van der Waals surface area contributed by atoms with E-state index in [0.717, 1.165) is 22.3 Å². The summed E-state index contributed by atoms with van der Waals surface area (Å²) < 4.78 is 48.8. The molecular formula is C23H20ClF2N3O4. The number of methoxy groups -OCH3 is 1. The monoisotopic (exact) mass is 475 g/mol. The van der Waals surface area contributed by atoms with Gasteiger partial charge in [0.1, 0.15) is 17.9 Å². The molecule has 0 spiro atoms. The molecule has 0 amide bonds. The van der Waals surface area contributed by atoms with Crippen LogP contribution in [0.1, 0.15) is 17.2 Å². The van der Waals surface area contributed by atoms with Crippen LogP contribution >= 0.6 is 12.4 Å². The van der Waals surface area contributed by atoms with Crippen molar-refractivity contribution in [1.29, 1.82) is 0 Å². The standard InChI is InChI=1S/C23H19F2N3O4.ClH/c1-29-18-9-14(11-28-13-27-17-3-2-8-26-22(17)28)10-19-21(18)32-20(12-30-19)15-4-6-16(7-5-15)31-23(24)25;/h2-10,13,20,23H,11-12H2,1H3;1H. The number of benzene rings is 2. The number of aromatic nitrogens is 3. The second-order valence-corrected chi connectivity index (χ2v) is 7.21. The summed E-state index contributed by atoms with van der Waals surface area (Å²) in [6.07, 6.45) is 3.07. The van der Waals surface area contributed by atoms with Gasteiger partial charge < -0.3 is 23.5 Å². The molecule has 4 aromatic rings. The Kier molecular flexibility index (Phi) is 6.50. The van der Waals surface area contributed by atoms with E-state index in [1.165, 1.54) is 12.1 Å². The lowest BCUT2D eigenvalue weighted by Gasteiger charge is -2.28. The lowest BCUT2D eigenvalue weighted by atomic mass is 10.1. The van der Waals surface area contributed by atoms with Gasteiger partial charge in [-0.25, -0.2) is 9.97 Å². The molecule has 0 fully saturated rings. The zero-order valence-corrected chi connectivity index (χ0v) is 18.3. The lowest BCUT2D eigenvalue weighted by Crippen LogP contribution is -2.22. The largest absolute Gasteiger partial charge is 0.493 e. The molecule has 1 aliphatic heterocycles. The van der Waals surface area contributed by atoms with Crippen molar-refractivity contribution in [2.24, 2.45) is 0 Å². The van der Waals surface area contributed by atoms with Crippen molar-refractivity contribution >= 4 is 23.6 Å². The molecule has 10 heteroatoms. The van der Waals surface area contributed by atoms with Crippen LogP contribution in [0.5, 0.6) is 23.0 Å². The Balaban J connectivity index is 0.00000259. The fourth-order valence-electron chi connectivity index (χ4n) is 3.68. The van der Waals surface area contributed by atoms with Crippen LogP contribution in [-0.2, 0) is 6.54 Å². The van der Waals surface area contributed by atoms with Gasteiger partial charge in [-0.3, -0.25) is 0 Å². The van der Waals surface area contributed by atoms with Gasteiger partial charge in [-0.1, -0.05) is 12.1 Å². The van der Waals surface area contributed by atoms with Crippen LogP contribution in [0.2, 0.25) is 0 Å². The SMILES string of the molecule is COc1cc(Cn2cnc3cccnc32)cc2c1OC(c1ccc(OC(F)F)cc1)CO2.Cl. The van der Waals surface area contributed by atoms with Crippen molar-refractivity contribution in [3.05, 3.63) is 72.2 Å². The number of halogens is 3. The predicted molar refractivity (Wildman–Crippen MR) is 119 cm³/mol. The van der Waals surface area contributed by atoms with E-state index in [1.807, 2.05) is 28.8 Å². The van der Waals surface area contributed by atoms with Gasteiger partial charge in [0.15, 0.2) is 23.3 Å². The van der Waals surface area contributed by atoms with Gasteiger partial charge >= 0.3 is 6.61 Å². The Hall–Kier alpha value is -3.59. The normalized spacial score (nSPS) is 14.7. The lowest BCUT2D eigenvalue weighted by molar-refractivity contribution is -0.0498. The predicted octanol–water partition coefficient (Wildman–Crippen LogP) is 5.02. The van der Waals surface area contributed by atoms with Crippen LogP contribution in [0.4, 0.5) is 8.78 Å². The average molecular weight is 476 g/mol. The van der Waals surface area contributed by atoms with Gasteiger partial charge in [-0.05, 0) is 47.5 Å². The minimum Gasteiger partial charge on any atom is -0.493 e. The van der Waals surface area contributed by atoms with E-state index in [4.69, 9.17) is 14.2 Å². The van der Waals surface area contributed by atoms with E-state index in [2.05, 4.69) is 14.7 Å². The summed E-state index contributed by atoms with van der Waals surface area (Å²) in [7, 11) is 1.57. The maximum absolute atomic E-state index is 12.4. The average Bonchev–Trinajstić information content (AvgIpc) is 3.21. The zero-order valence-electron chi connectivity index (χ0n) is 17.5. The number of nitrogens with zero attached hydrogens (tertiary/aromatic N) is 3. The Morgan fingerprint density at radius 3 is 2.73 bits per heavy atom. The first-order valence-electron chi connectivity index (χ1n) is 9.91. The Labute approximate surface area is 194 Å². The van der Waals surface area contributed by atoms with Crippen LogP contribution in [0, 0.1) is 0 Å². The smallest absolute Gasteiger partial charge is 0.387 e. The number of imidazole rings is 1. The summed E-state index contributed by atoms with van der Waals surface area (Å²) in [6.45, 7) is -2.06. The minimum atomic E-state index is -2.86. The highest BCUT2D eigenvalue weighted by Gasteiger charge is 2.27. The van der Waals surface area contributed by atoms with E-state index in [1.54, 1.807) is 31.8 Å². The highest BCUT2D eigenvalue weighted by atomic mass is 35.5. The molecule has 0 bridgehead atoms. The van der Waals surface area contributed by atoms with Gasteiger partial charge in [0.05, 0.1) is 20.0 Å². The van der Waals surface area contributed by atoms with Crippen molar-refractivity contribution in [3.63, 3.8) is 0 Å². The number of rotatable bonds is 6. The number of fused-ring (bicyclic) bond motifs is 2. The molecule has 0 saturated carbocycles. The number of ether oxygens (including phenoxy) is 4. The van der Waals surface area contributed by atoms with Crippen LogP contribution in [-0.4, -0.2) is 34.9 Å². The quantitative estimate of drug-likeness (QED) is 0.390. The number of hydrogen-bond donors (Lipinski definition) is 0. The topological polar surface area (TPSA) is 67.6 Å². The molecular weight excluding hydrogens is 456 g/mol. The third-order valence-electron chi connectivity index (χ3n) is 5.16. The van der Waals surface area contributed by atoms with E-state index in [-0.39, 0.29) is 24.8 Å². The molecule has 0 radical (unpaired) electrons. The third-order valence-corrected chi connectivity index (χ3v) is 5.16. The molecule has 7 nitrogen and oxygen atoms in total. The van der Waals surface area contributed by atoms with Crippen LogP contribution < -0.4 is 18.9 Å². The first-order chi connectivity index (χ1) is 15.6. The van der Waals surface area contributed by atoms with Crippen molar-refractivity contribution in [3.8, 4) is 23.0 Å². The molecule has 0 N–H and O–H groups in total. The number of pyridine rings is 1. The molecule has 0 aliphatic carbocycles. The van der Waals surface area contributed by atoms with E-state index in [0.29, 0.717) is 23.8 Å². The molecule has 3 heterocycles. The van der Waals surface area contributed by atoms with Crippen LogP contribution in [0.3, 0.4) is 0 Å². The minimum absolute atomic E-state index is 0. The molecule has 1 aliphatic rings. The van der Waals surface area contributed by atoms with Gasteiger partial charge in [-0.15, -0.1) is 12.4 Å². The molecule has 33 heavy (non-hydrogen) atoms. The second kappa shape index (κ2) is 9.50. The van der Waals surface area contributed by atoms with E-state index >= 15 is 0 Å². The molecule has 0 saturated heterocycles. The Morgan fingerprint density at radius 1 is 1.15 bits per heavy atom. The maximum atomic E-state index is 12.4. The number of hydrogen-bond acceptors (Lipinski definition) is 6. The van der Waals surface area contributed by atoms with Gasteiger partial charge in [0.25, 0.3) is 0 Å². The summed E-state index contributed by atoms with van der Waals surface area (Å²) >= 11 is 0. The highest BCUT2D eigenvalue weighted by Crippen LogP contribution is 2.44. The third kappa shape index (κ3) is 4.63. The molecule has 1 atom stereocenters. The van der Waals surface area contributed by atoms with Gasteiger partial charge in [-0.2, -0.15) is 8.78 Å². The van der Waals surface area contributed by atoms with Gasteiger partial charge in [0.2, 0.25) is 5.75 Å². The molecule has 172 valence electrons. The van der Waals surface area contributed by atoms with Crippen LogP contribution in [0.15, 0.2) is 61.1 Å². The number of alkyl halides is 2. The Bertz CT molecular complexity index is 1230. The maximum Gasteiger partial charge on any atom is 0.387 e. The second-order valence-electron chi connectivity index (χ2n) is 7.21. The summed E-state index contributed by atoms with van der Waals surface area (Å²) in [5, 5.41) is 0. The molecule has 1 unspecified atom stereocenters. The first-order valence-corrected chi connectivity index (χ1v) is 9.91. The molecule has 5 rings (SSSR count). The summed E-state index contributed by atoms with van der Waals surface area (Å²) in [5.41, 5.74) is 3.34. The zero-order chi connectivity index (χ0) is 22.1. The van der Waals surface area contributed by atoms with E-state index in [9.17, 15) is 8.78 Å². The highest BCUT2D eigenvalue weighted by molar-refractivity contribution is 5.85. The van der Waals surface area contributed by atoms with Crippen molar-refractivity contribution in [2.45, 2.75) is 19.3 Å². The van der Waals surface area contributed by atoms with E-state index < -0.39 is 12.7 Å². The van der Waals surface area contributed by atoms with Crippen LogP contribution in [0.25, 0.3) is 11.2 Å². The summed E-state index contributed by atoms with van der Waals surface area (Å²) in [6, 6.07) is 13.9. The summed E-state index contributed by atoms with van der Waals surface area (Å²) in [4.78, 5) is 8.77. The fourth-order valence-corrected chi connectivity index (χ4v) is 3.68. The first kappa shape index (κ1) is 22.6. The molecule has 2 aromatic carbocycles. The van der Waals surface area contributed by atoms with Crippen molar-refractivity contribution in [1.82, 2.24) is 14.5 Å². The molecule has 2 aromatic heterocycles. The fraction of sp³-hybridized carbons (Fsp3) is 0.217.